The molecule has 7 heteroatoms. The number of rotatable bonds is 3. The van der Waals surface area contributed by atoms with Crippen molar-refractivity contribution in [3.63, 3.8) is 0 Å². The highest BCUT2D eigenvalue weighted by Crippen LogP contribution is 2.38. The van der Waals surface area contributed by atoms with Gasteiger partial charge in [0, 0.05) is 12.1 Å². The number of benzene rings is 1. The maximum absolute atomic E-state index is 12.4. The van der Waals surface area contributed by atoms with Crippen LogP contribution in [0.4, 0.5) is 0 Å². The van der Waals surface area contributed by atoms with Crippen molar-refractivity contribution in [2.75, 3.05) is 12.8 Å². The Morgan fingerprint density at radius 2 is 2.05 bits per heavy atom. The number of nitrogens with zero attached hydrogens (tertiary/aromatic N) is 1. The van der Waals surface area contributed by atoms with Gasteiger partial charge in [-0.05, 0) is 29.7 Å². The molecule has 1 aliphatic rings. The van der Waals surface area contributed by atoms with E-state index in [0.717, 1.165) is 0 Å². The molecule has 1 amide bonds. The molecule has 0 bridgehead atoms. The first kappa shape index (κ1) is 16.3. The third-order valence-corrected chi connectivity index (χ3v) is 5.89. The molecule has 1 heterocycles. The van der Waals surface area contributed by atoms with E-state index in [2.05, 4.69) is 0 Å². The molecular weight excluding hydrogens is 312 g/mol. The minimum Gasteiger partial charge on any atom is -0.336 e. The van der Waals surface area contributed by atoms with E-state index in [1.165, 1.54) is 11.0 Å². The van der Waals surface area contributed by atoms with E-state index < -0.39 is 21.9 Å². The number of carbonyl (C=O) groups is 1. The number of amides is 1. The molecular formula is C14H19ClN2O3S. The first-order chi connectivity index (χ1) is 9.65. The summed E-state index contributed by atoms with van der Waals surface area (Å²) in [5.74, 6) is -0.412. The molecule has 0 fully saturated rings. The Morgan fingerprint density at radius 1 is 1.43 bits per heavy atom. The van der Waals surface area contributed by atoms with Gasteiger partial charge < -0.3 is 10.6 Å². The highest BCUT2D eigenvalue weighted by Gasteiger charge is 2.39. The first-order valence-electron chi connectivity index (χ1n) is 6.69. The fourth-order valence-electron chi connectivity index (χ4n) is 2.44. The molecule has 1 aliphatic heterocycles. The zero-order valence-electron chi connectivity index (χ0n) is 12.2. The minimum atomic E-state index is -3.39. The van der Waals surface area contributed by atoms with Gasteiger partial charge in [0.2, 0.25) is 5.91 Å². The van der Waals surface area contributed by atoms with Gasteiger partial charge in [0.15, 0.2) is 9.84 Å². The van der Waals surface area contributed by atoms with Crippen LogP contribution >= 0.6 is 11.6 Å². The molecule has 1 aromatic carbocycles. The maximum Gasteiger partial charge on any atom is 0.240 e. The Labute approximate surface area is 130 Å². The number of nitrogens with two attached hydrogens (primary N) is 1. The van der Waals surface area contributed by atoms with Crippen LogP contribution in [-0.4, -0.2) is 38.1 Å². The highest BCUT2D eigenvalue weighted by molar-refractivity contribution is 7.91. The van der Waals surface area contributed by atoms with Gasteiger partial charge in [-0.25, -0.2) is 8.42 Å². The maximum atomic E-state index is 12.4. The van der Waals surface area contributed by atoms with Crippen molar-refractivity contribution >= 4 is 27.3 Å². The lowest BCUT2D eigenvalue weighted by Crippen LogP contribution is -2.46. The van der Waals surface area contributed by atoms with Crippen molar-refractivity contribution in [1.29, 1.82) is 0 Å². The summed E-state index contributed by atoms with van der Waals surface area (Å²) in [7, 11) is -1.81. The highest BCUT2D eigenvalue weighted by atomic mass is 35.5. The van der Waals surface area contributed by atoms with Gasteiger partial charge in [-0.15, -0.1) is 0 Å². The summed E-state index contributed by atoms with van der Waals surface area (Å²) in [6, 6.07) is 3.45. The minimum absolute atomic E-state index is 0.0169. The second-order valence-corrected chi connectivity index (χ2v) is 8.14. The molecule has 0 aliphatic carbocycles. The Kier molecular flexibility index (Phi) is 4.33. The number of likely N-dealkylation sites (N-methyl/N-ethyl adjacent to an activating group) is 1. The first-order valence-corrected chi connectivity index (χ1v) is 8.72. The average molecular weight is 331 g/mol. The van der Waals surface area contributed by atoms with Crippen LogP contribution in [0.15, 0.2) is 23.1 Å². The molecule has 0 radical (unpaired) electrons. The zero-order valence-corrected chi connectivity index (χ0v) is 13.8. The van der Waals surface area contributed by atoms with Crippen molar-refractivity contribution in [2.24, 2.45) is 11.7 Å². The molecule has 0 spiro atoms. The molecule has 5 nitrogen and oxygen atoms in total. The fraction of sp³-hybridized carbons (Fsp3) is 0.500. The van der Waals surface area contributed by atoms with Crippen LogP contribution < -0.4 is 5.73 Å². The summed E-state index contributed by atoms with van der Waals surface area (Å²) >= 11 is 5.96. The number of fused-ring (bicyclic) bond motifs is 1. The van der Waals surface area contributed by atoms with Crippen LogP contribution in [0.3, 0.4) is 0 Å². The van der Waals surface area contributed by atoms with E-state index in [9.17, 15) is 13.2 Å². The fourth-order valence-corrected chi connectivity index (χ4v) is 4.45. The lowest BCUT2D eigenvalue weighted by molar-refractivity contribution is -0.134. The van der Waals surface area contributed by atoms with E-state index in [-0.39, 0.29) is 22.5 Å². The van der Waals surface area contributed by atoms with Gasteiger partial charge in [-0.3, -0.25) is 4.79 Å². The average Bonchev–Trinajstić information content (AvgIpc) is 2.67. The lowest BCUT2D eigenvalue weighted by atomic mass is 10.0. The van der Waals surface area contributed by atoms with Gasteiger partial charge in [0.05, 0.1) is 22.7 Å². The molecule has 0 aromatic heterocycles. The monoisotopic (exact) mass is 330 g/mol. The van der Waals surface area contributed by atoms with Gasteiger partial charge in [0.1, 0.15) is 0 Å². The summed E-state index contributed by atoms with van der Waals surface area (Å²) in [4.78, 5) is 14.0. The van der Waals surface area contributed by atoms with Crippen LogP contribution in [-0.2, 0) is 14.6 Å². The molecule has 2 rings (SSSR count). The zero-order chi connectivity index (χ0) is 15.9. The van der Waals surface area contributed by atoms with Crippen molar-refractivity contribution in [3.8, 4) is 0 Å². The van der Waals surface area contributed by atoms with Crippen LogP contribution in [0, 0.1) is 5.92 Å². The molecule has 2 N–H and O–H groups in total. The summed E-state index contributed by atoms with van der Waals surface area (Å²) in [6.07, 6.45) is 0. The van der Waals surface area contributed by atoms with Gasteiger partial charge in [-0.1, -0.05) is 25.4 Å². The van der Waals surface area contributed by atoms with Crippen molar-refractivity contribution < 1.29 is 13.2 Å². The number of hydrogen-bond donors (Lipinski definition) is 1. The van der Waals surface area contributed by atoms with Crippen molar-refractivity contribution in [3.05, 3.63) is 28.8 Å². The predicted octanol–water partition coefficient (Wildman–Crippen LogP) is 1.61. The number of sulfone groups is 1. The van der Waals surface area contributed by atoms with E-state index in [1.54, 1.807) is 19.2 Å². The second-order valence-electron chi connectivity index (χ2n) is 5.70. The third kappa shape index (κ3) is 2.93. The Balaban J connectivity index is 2.40. The van der Waals surface area contributed by atoms with E-state index in [4.69, 9.17) is 17.3 Å². The molecule has 0 saturated heterocycles. The standard InChI is InChI=1S/C14H19ClN2O3S/c1-8(2)13(16)14(18)17(3)11-7-21(19,20)12-5-4-9(15)6-10(11)12/h4-6,8,11,13H,7,16H2,1-3H3/t11?,13-/m0/s1. The van der Waals surface area contributed by atoms with E-state index >= 15 is 0 Å². The van der Waals surface area contributed by atoms with Gasteiger partial charge in [-0.2, -0.15) is 0 Å². The number of hydrogen-bond acceptors (Lipinski definition) is 4. The Hall–Kier alpha value is -1.11. The molecule has 0 saturated carbocycles. The van der Waals surface area contributed by atoms with Gasteiger partial charge >= 0.3 is 0 Å². The number of carbonyl (C=O) groups excluding carboxylic acids is 1. The Bertz CT molecular complexity index is 673. The molecule has 2 atom stereocenters. The smallest absolute Gasteiger partial charge is 0.240 e. The largest absolute Gasteiger partial charge is 0.336 e. The third-order valence-electron chi connectivity index (χ3n) is 3.86. The SMILES string of the molecule is CC(C)[C@H](N)C(=O)N(C)C1CS(=O)(=O)c2ccc(Cl)cc21. The Morgan fingerprint density at radius 3 is 2.62 bits per heavy atom. The van der Waals surface area contributed by atoms with Crippen LogP contribution in [0.25, 0.3) is 0 Å². The normalized spacial score (nSPS) is 21.1. The summed E-state index contributed by atoms with van der Waals surface area (Å²) in [5.41, 5.74) is 6.44. The van der Waals surface area contributed by atoms with Crippen LogP contribution in [0.5, 0.6) is 0 Å². The summed E-state index contributed by atoms with van der Waals surface area (Å²) < 4.78 is 24.4. The molecule has 1 aromatic rings. The summed E-state index contributed by atoms with van der Waals surface area (Å²) in [5, 5.41) is 0.449. The van der Waals surface area contributed by atoms with Crippen LogP contribution in [0.2, 0.25) is 5.02 Å². The van der Waals surface area contributed by atoms with E-state index in [1.807, 2.05) is 13.8 Å². The molecule has 1 unspecified atom stereocenters. The van der Waals surface area contributed by atoms with Crippen LogP contribution in [0.1, 0.15) is 25.5 Å². The van der Waals surface area contributed by atoms with Crippen molar-refractivity contribution in [2.45, 2.75) is 30.8 Å². The second kappa shape index (κ2) is 5.59. The lowest BCUT2D eigenvalue weighted by Gasteiger charge is -2.28. The van der Waals surface area contributed by atoms with Crippen molar-refractivity contribution in [1.82, 2.24) is 4.90 Å². The van der Waals surface area contributed by atoms with E-state index in [0.29, 0.717) is 10.6 Å². The number of halogens is 1. The summed E-state index contributed by atoms with van der Waals surface area (Å²) in [6.45, 7) is 3.71. The van der Waals surface area contributed by atoms with Gasteiger partial charge in [0.25, 0.3) is 0 Å². The predicted molar refractivity (Wildman–Crippen MR) is 81.8 cm³/mol. The quantitative estimate of drug-likeness (QED) is 0.913. The topological polar surface area (TPSA) is 80.5 Å². The molecule has 116 valence electrons. The molecule has 21 heavy (non-hydrogen) atoms.